The fourth-order valence-corrected chi connectivity index (χ4v) is 2.86. The molecule has 3 rings (SSSR count). The van der Waals surface area contributed by atoms with E-state index in [0.717, 1.165) is 25.1 Å². The number of hydrogen-bond acceptors (Lipinski definition) is 3. The van der Waals surface area contributed by atoms with Crippen LogP contribution >= 0.6 is 0 Å². The van der Waals surface area contributed by atoms with E-state index in [-0.39, 0.29) is 0 Å². The van der Waals surface area contributed by atoms with Gasteiger partial charge in [-0.05, 0) is 31.0 Å². The average molecular weight is 240 g/mol. The number of rotatable bonds is 2. The van der Waals surface area contributed by atoms with Gasteiger partial charge in [0.1, 0.15) is 0 Å². The van der Waals surface area contributed by atoms with Gasteiger partial charge >= 0.3 is 0 Å². The molecule has 0 aliphatic carbocycles. The summed E-state index contributed by atoms with van der Waals surface area (Å²) in [6.45, 7) is 6.25. The first-order valence-electron chi connectivity index (χ1n) is 6.35. The van der Waals surface area contributed by atoms with E-state index < -0.39 is 0 Å². The SMILES string of the molecule is CCN1CC=Cc2c3c(cc(C)c21)N=C(C=O)C3. The Morgan fingerprint density at radius 3 is 3.06 bits per heavy atom. The number of aryl methyl sites for hydroxylation is 1. The monoisotopic (exact) mass is 240 g/mol. The molecule has 0 unspecified atom stereocenters. The second-order valence-electron chi connectivity index (χ2n) is 4.79. The Hall–Kier alpha value is -1.90. The first kappa shape index (κ1) is 11.2. The van der Waals surface area contributed by atoms with Crippen LogP contribution < -0.4 is 4.90 Å². The van der Waals surface area contributed by atoms with Gasteiger partial charge in [-0.25, -0.2) is 4.99 Å². The molecule has 1 aromatic rings. The quantitative estimate of drug-likeness (QED) is 0.744. The lowest BCUT2D eigenvalue weighted by atomic mass is 9.94. The molecule has 2 aliphatic rings. The highest BCUT2D eigenvalue weighted by molar-refractivity contribution is 6.31. The van der Waals surface area contributed by atoms with Crippen LogP contribution in [0.1, 0.15) is 23.6 Å². The van der Waals surface area contributed by atoms with Crippen LogP contribution in [0.2, 0.25) is 0 Å². The summed E-state index contributed by atoms with van der Waals surface area (Å²) in [6.07, 6.45) is 5.90. The summed E-state index contributed by atoms with van der Waals surface area (Å²) in [5.74, 6) is 0. The number of likely N-dealkylation sites (N-methyl/N-ethyl adjacent to an activating group) is 1. The summed E-state index contributed by atoms with van der Waals surface area (Å²) in [5.41, 5.74) is 6.61. The molecule has 0 fully saturated rings. The first-order valence-corrected chi connectivity index (χ1v) is 6.35. The van der Waals surface area contributed by atoms with Crippen LogP contribution in [0.15, 0.2) is 17.1 Å². The van der Waals surface area contributed by atoms with E-state index in [1.807, 2.05) is 0 Å². The minimum absolute atomic E-state index is 0.639. The summed E-state index contributed by atoms with van der Waals surface area (Å²) < 4.78 is 0. The molecular weight excluding hydrogens is 224 g/mol. The first-order chi connectivity index (χ1) is 8.74. The fourth-order valence-electron chi connectivity index (χ4n) is 2.86. The Bertz CT molecular complexity index is 585. The number of nitrogens with zero attached hydrogens (tertiary/aromatic N) is 2. The van der Waals surface area contributed by atoms with Crippen molar-refractivity contribution in [2.45, 2.75) is 20.3 Å². The molecule has 1 aromatic carbocycles. The maximum absolute atomic E-state index is 10.9. The minimum Gasteiger partial charge on any atom is -0.367 e. The number of hydrogen-bond donors (Lipinski definition) is 0. The number of carbonyl (C=O) groups excluding carboxylic acids is 1. The zero-order chi connectivity index (χ0) is 12.7. The van der Waals surface area contributed by atoms with E-state index in [4.69, 9.17) is 0 Å². The lowest BCUT2D eigenvalue weighted by Crippen LogP contribution is -2.26. The number of carbonyl (C=O) groups is 1. The predicted octanol–water partition coefficient (Wildman–Crippen LogP) is 2.68. The van der Waals surface area contributed by atoms with Gasteiger partial charge in [0.2, 0.25) is 0 Å². The van der Waals surface area contributed by atoms with Crippen molar-refractivity contribution < 1.29 is 4.79 Å². The number of aliphatic imine (C=N–C) groups is 1. The Morgan fingerprint density at radius 1 is 1.50 bits per heavy atom. The molecule has 0 N–H and O–H groups in total. The molecule has 0 saturated heterocycles. The standard InChI is InChI=1S/C15H16N2O/c1-3-17-6-4-5-12-13-8-11(9-18)16-14(13)7-10(2)15(12)17/h4-5,7,9H,3,6,8H2,1-2H3. The number of aldehydes is 1. The van der Waals surface area contributed by atoms with Gasteiger partial charge in [-0.1, -0.05) is 12.2 Å². The van der Waals surface area contributed by atoms with Crippen molar-refractivity contribution in [2.24, 2.45) is 4.99 Å². The largest absolute Gasteiger partial charge is 0.367 e. The molecule has 2 aliphatic heterocycles. The van der Waals surface area contributed by atoms with Gasteiger partial charge in [0.15, 0.2) is 6.29 Å². The molecule has 0 spiro atoms. The van der Waals surface area contributed by atoms with E-state index in [2.05, 4.69) is 42.0 Å². The lowest BCUT2D eigenvalue weighted by molar-refractivity contribution is -0.102. The molecule has 0 atom stereocenters. The fraction of sp³-hybridized carbons (Fsp3) is 0.333. The number of fused-ring (bicyclic) bond motifs is 3. The third kappa shape index (κ3) is 1.50. The van der Waals surface area contributed by atoms with Gasteiger partial charge in [-0.15, -0.1) is 0 Å². The van der Waals surface area contributed by atoms with Gasteiger partial charge in [0.05, 0.1) is 11.4 Å². The number of benzene rings is 1. The van der Waals surface area contributed by atoms with E-state index in [9.17, 15) is 4.79 Å². The van der Waals surface area contributed by atoms with Crippen LogP contribution in [0.4, 0.5) is 11.4 Å². The molecule has 18 heavy (non-hydrogen) atoms. The smallest absolute Gasteiger partial charge is 0.164 e. The topological polar surface area (TPSA) is 32.7 Å². The Balaban J connectivity index is 2.20. The van der Waals surface area contributed by atoms with Crippen molar-refractivity contribution in [2.75, 3.05) is 18.0 Å². The third-order valence-electron chi connectivity index (χ3n) is 3.68. The van der Waals surface area contributed by atoms with Crippen molar-refractivity contribution in [1.82, 2.24) is 0 Å². The van der Waals surface area contributed by atoms with Crippen molar-refractivity contribution in [3.63, 3.8) is 0 Å². The van der Waals surface area contributed by atoms with Gasteiger partial charge in [0.25, 0.3) is 0 Å². The highest BCUT2D eigenvalue weighted by atomic mass is 16.1. The molecule has 0 aromatic heterocycles. The maximum atomic E-state index is 10.9. The van der Waals surface area contributed by atoms with Gasteiger partial charge in [0, 0.05) is 30.8 Å². The molecule has 3 nitrogen and oxygen atoms in total. The summed E-state index contributed by atoms with van der Waals surface area (Å²) in [7, 11) is 0. The van der Waals surface area contributed by atoms with Crippen LogP contribution in [0.5, 0.6) is 0 Å². The molecule has 0 bridgehead atoms. The van der Waals surface area contributed by atoms with Gasteiger partial charge in [-0.3, -0.25) is 4.79 Å². The molecular formula is C15H16N2O. The summed E-state index contributed by atoms with van der Waals surface area (Å²) in [5, 5.41) is 0. The highest BCUT2D eigenvalue weighted by Gasteiger charge is 2.24. The second kappa shape index (κ2) is 4.09. The Morgan fingerprint density at radius 2 is 2.33 bits per heavy atom. The van der Waals surface area contributed by atoms with Crippen LogP contribution in [0.25, 0.3) is 6.08 Å². The van der Waals surface area contributed by atoms with Crippen molar-refractivity contribution >= 4 is 29.4 Å². The second-order valence-corrected chi connectivity index (χ2v) is 4.79. The zero-order valence-electron chi connectivity index (χ0n) is 10.7. The molecule has 92 valence electrons. The van der Waals surface area contributed by atoms with Gasteiger partial charge in [-0.2, -0.15) is 0 Å². The van der Waals surface area contributed by atoms with Crippen LogP contribution in [0.3, 0.4) is 0 Å². The van der Waals surface area contributed by atoms with Crippen molar-refractivity contribution in [3.8, 4) is 0 Å². The lowest BCUT2D eigenvalue weighted by Gasteiger charge is -2.30. The Labute approximate surface area is 107 Å². The van der Waals surface area contributed by atoms with Crippen molar-refractivity contribution in [1.29, 1.82) is 0 Å². The van der Waals surface area contributed by atoms with E-state index >= 15 is 0 Å². The highest BCUT2D eigenvalue weighted by Crippen LogP contribution is 2.40. The van der Waals surface area contributed by atoms with Crippen LogP contribution in [0, 0.1) is 6.92 Å². The average Bonchev–Trinajstić information content (AvgIpc) is 2.81. The molecule has 0 amide bonds. The molecule has 3 heteroatoms. The van der Waals surface area contributed by atoms with E-state index in [1.54, 1.807) is 0 Å². The molecule has 2 heterocycles. The number of anilines is 1. The van der Waals surface area contributed by atoms with E-state index in [1.165, 1.54) is 22.4 Å². The minimum atomic E-state index is 0.639. The van der Waals surface area contributed by atoms with Crippen LogP contribution in [-0.2, 0) is 11.2 Å². The zero-order valence-corrected chi connectivity index (χ0v) is 10.7. The summed E-state index contributed by atoms with van der Waals surface area (Å²) in [4.78, 5) is 17.6. The Kier molecular flexibility index (Phi) is 2.54. The molecule has 0 saturated carbocycles. The maximum Gasteiger partial charge on any atom is 0.164 e. The summed E-state index contributed by atoms with van der Waals surface area (Å²) >= 11 is 0. The summed E-state index contributed by atoms with van der Waals surface area (Å²) in [6, 6.07) is 2.10. The van der Waals surface area contributed by atoms with Crippen LogP contribution in [-0.4, -0.2) is 25.1 Å². The van der Waals surface area contributed by atoms with Crippen molar-refractivity contribution in [3.05, 3.63) is 28.8 Å². The van der Waals surface area contributed by atoms with E-state index in [0.29, 0.717) is 12.1 Å². The third-order valence-corrected chi connectivity index (χ3v) is 3.68. The van der Waals surface area contributed by atoms with Gasteiger partial charge < -0.3 is 4.90 Å². The molecule has 0 radical (unpaired) electrons. The normalized spacial score (nSPS) is 16.3. The predicted molar refractivity (Wildman–Crippen MR) is 75.0 cm³/mol.